The van der Waals surface area contributed by atoms with Gasteiger partial charge < -0.3 is 15.0 Å². The van der Waals surface area contributed by atoms with Crippen molar-refractivity contribution in [3.63, 3.8) is 0 Å². The van der Waals surface area contributed by atoms with Crippen LogP contribution in [-0.2, 0) is 37.3 Å². The van der Waals surface area contributed by atoms with E-state index in [0.29, 0.717) is 23.4 Å². The Labute approximate surface area is 252 Å². The molecule has 12 nitrogen and oxygen atoms in total. The number of hydrogen-bond acceptors (Lipinski definition) is 10. The second kappa shape index (κ2) is 12.6. The van der Waals surface area contributed by atoms with Crippen molar-refractivity contribution in [2.24, 2.45) is 0 Å². The first-order valence-electron chi connectivity index (χ1n) is 13.5. The van der Waals surface area contributed by atoms with Crippen molar-refractivity contribution in [1.82, 2.24) is 30.4 Å². The van der Waals surface area contributed by atoms with Gasteiger partial charge in [-0.1, -0.05) is 23.7 Å². The summed E-state index contributed by atoms with van der Waals surface area (Å²) < 4.78 is 33.5. The molecule has 42 heavy (non-hydrogen) atoms. The minimum atomic E-state index is -4.03. The fraction of sp³-hybridized carbons (Fsp3) is 0.407. The van der Waals surface area contributed by atoms with Crippen molar-refractivity contribution < 1.29 is 27.5 Å². The highest BCUT2D eigenvalue weighted by Crippen LogP contribution is 2.28. The van der Waals surface area contributed by atoms with E-state index >= 15 is 0 Å². The summed E-state index contributed by atoms with van der Waals surface area (Å²) in [5, 5.41) is 5.62. The predicted molar refractivity (Wildman–Crippen MR) is 157 cm³/mol. The van der Waals surface area contributed by atoms with Gasteiger partial charge in [0.05, 0.1) is 17.2 Å². The van der Waals surface area contributed by atoms with Crippen LogP contribution in [0.15, 0.2) is 41.3 Å². The summed E-state index contributed by atoms with van der Waals surface area (Å²) in [5.41, 5.74) is 5.79. The van der Waals surface area contributed by atoms with Crippen LogP contribution in [0.4, 0.5) is 0 Å². The minimum Gasteiger partial charge on any atom is -0.465 e. The van der Waals surface area contributed by atoms with Crippen LogP contribution in [0.25, 0.3) is 10.8 Å². The normalized spacial score (nSPS) is 19.4. The number of sulfonamides is 1. The highest BCUT2D eigenvalue weighted by atomic mass is 35.5. The molecule has 1 aromatic heterocycles. The number of carbonyl (C=O) groups excluding carboxylic acids is 3. The number of hydrazine groups is 1. The number of fused-ring (bicyclic) bond motifs is 2. The molecule has 2 unspecified atom stereocenters. The predicted octanol–water partition coefficient (Wildman–Crippen LogP) is 1.68. The topological polar surface area (TPSA) is 150 Å². The highest BCUT2D eigenvalue weighted by molar-refractivity contribution is 7.89. The molecule has 1 saturated heterocycles. The lowest BCUT2D eigenvalue weighted by Gasteiger charge is -2.39. The molecule has 2 atom stereocenters. The third kappa shape index (κ3) is 6.43. The number of benzene rings is 2. The van der Waals surface area contributed by atoms with Crippen LogP contribution in [-0.4, -0.2) is 85.3 Å². The monoisotopic (exact) mass is 634 g/mol. The Hall–Kier alpha value is -3.14. The van der Waals surface area contributed by atoms with Crippen molar-refractivity contribution in [2.75, 3.05) is 32.8 Å². The summed E-state index contributed by atoms with van der Waals surface area (Å²) in [6.45, 7) is 3.85. The van der Waals surface area contributed by atoms with Gasteiger partial charge in [0, 0.05) is 48.5 Å². The first-order chi connectivity index (χ1) is 20.1. The summed E-state index contributed by atoms with van der Waals surface area (Å²) in [6, 6.07) is 8.94. The summed E-state index contributed by atoms with van der Waals surface area (Å²) in [7, 11) is -4.03. The molecule has 1 fully saturated rings. The van der Waals surface area contributed by atoms with Crippen molar-refractivity contribution in [1.29, 1.82) is 0 Å². The average molecular weight is 635 g/mol. The second-order valence-corrected chi connectivity index (χ2v) is 13.5. The van der Waals surface area contributed by atoms with Crippen LogP contribution in [0, 0.1) is 0 Å². The molecule has 3 N–H and O–H groups in total. The maximum Gasteiger partial charge on any atom is 0.321 e. The van der Waals surface area contributed by atoms with Crippen LogP contribution in [0.5, 0.6) is 0 Å². The molecule has 3 aromatic rings. The second-order valence-electron chi connectivity index (χ2n) is 10.1. The Morgan fingerprint density at radius 2 is 1.93 bits per heavy atom. The van der Waals surface area contributed by atoms with E-state index in [9.17, 15) is 22.8 Å². The van der Waals surface area contributed by atoms with Gasteiger partial charge in [0.2, 0.25) is 10.0 Å². The van der Waals surface area contributed by atoms with E-state index in [4.69, 9.17) is 16.3 Å². The number of piperazine rings is 1. The lowest BCUT2D eigenvalue weighted by molar-refractivity contribution is -0.142. The van der Waals surface area contributed by atoms with E-state index in [1.165, 1.54) is 26.6 Å². The van der Waals surface area contributed by atoms with Crippen LogP contribution < -0.4 is 16.2 Å². The first-order valence-corrected chi connectivity index (χ1v) is 16.1. The minimum absolute atomic E-state index is 0.0174. The number of amides is 2. The van der Waals surface area contributed by atoms with Gasteiger partial charge >= 0.3 is 5.97 Å². The molecule has 0 saturated carbocycles. The Morgan fingerprint density at radius 1 is 1.17 bits per heavy atom. The maximum absolute atomic E-state index is 13.7. The van der Waals surface area contributed by atoms with Crippen molar-refractivity contribution >= 4 is 61.5 Å². The van der Waals surface area contributed by atoms with E-state index in [2.05, 4.69) is 21.2 Å². The van der Waals surface area contributed by atoms with Gasteiger partial charge in [-0.3, -0.25) is 19.8 Å². The molecule has 15 heteroatoms. The van der Waals surface area contributed by atoms with Crippen LogP contribution >= 0.6 is 22.9 Å². The van der Waals surface area contributed by atoms with E-state index < -0.39 is 33.8 Å². The number of carbonyl (C=O) groups is 3. The Bertz CT molecular complexity index is 1630. The molecule has 0 bridgehead atoms. The van der Waals surface area contributed by atoms with Crippen molar-refractivity contribution in [2.45, 2.75) is 43.8 Å². The summed E-state index contributed by atoms with van der Waals surface area (Å²) >= 11 is 7.34. The number of halogens is 1. The number of aromatic nitrogens is 1. The number of esters is 1. The van der Waals surface area contributed by atoms with Crippen LogP contribution in [0.1, 0.15) is 34.2 Å². The molecule has 3 heterocycles. The van der Waals surface area contributed by atoms with Gasteiger partial charge in [-0.15, -0.1) is 11.3 Å². The Balaban J connectivity index is 1.39. The van der Waals surface area contributed by atoms with E-state index in [1.54, 1.807) is 37.3 Å². The number of rotatable bonds is 8. The molecule has 2 aliphatic heterocycles. The molecule has 0 radical (unpaired) electrons. The molecule has 2 amide bonds. The van der Waals surface area contributed by atoms with Gasteiger partial charge in [0.1, 0.15) is 12.6 Å². The van der Waals surface area contributed by atoms with Gasteiger partial charge in [-0.25, -0.2) is 18.8 Å². The highest BCUT2D eigenvalue weighted by Gasteiger charge is 2.41. The fourth-order valence-corrected chi connectivity index (χ4v) is 7.62. The molecule has 2 aliphatic rings. The van der Waals surface area contributed by atoms with Gasteiger partial charge in [0.25, 0.3) is 11.8 Å². The zero-order valence-corrected chi connectivity index (χ0v) is 25.4. The summed E-state index contributed by atoms with van der Waals surface area (Å²) in [5.74, 6) is -1.70. The Morgan fingerprint density at radius 3 is 2.71 bits per heavy atom. The van der Waals surface area contributed by atoms with E-state index in [-0.39, 0.29) is 48.7 Å². The lowest BCUT2D eigenvalue weighted by Crippen LogP contribution is -2.62. The number of nitrogens with one attached hydrogen (secondary N) is 3. The zero-order chi connectivity index (χ0) is 30.0. The van der Waals surface area contributed by atoms with Crippen LogP contribution in [0.3, 0.4) is 0 Å². The average Bonchev–Trinajstić information content (AvgIpc) is 3.39. The molecular weight excluding hydrogens is 604 g/mol. The largest absolute Gasteiger partial charge is 0.465 e. The van der Waals surface area contributed by atoms with Gasteiger partial charge in [-0.05, 0) is 48.9 Å². The number of ether oxygens (including phenoxy) is 1. The lowest BCUT2D eigenvalue weighted by atomic mass is 10.1. The molecule has 0 spiro atoms. The smallest absolute Gasteiger partial charge is 0.321 e. The Kier molecular flexibility index (Phi) is 9.11. The first kappa shape index (κ1) is 30.3. The van der Waals surface area contributed by atoms with Gasteiger partial charge in [-0.2, -0.15) is 4.31 Å². The molecule has 2 aromatic carbocycles. The molecule has 224 valence electrons. The van der Waals surface area contributed by atoms with Crippen molar-refractivity contribution in [3.8, 4) is 0 Å². The van der Waals surface area contributed by atoms with Gasteiger partial charge in [0.15, 0.2) is 5.01 Å². The number of thiazole rings is 1. The summed E-state index contributed by atoms with van der Waals surface area (Å²) in [6.07, 6.45) is 0.685. The van der Waals surface area contributed by atoms with Crippen LogP contribution in [0.2, 0.25) is 5.02 Å². The number of hydrogen-bond donors (Lipinski definition) is 3. The molecule has 0 aliphatic carbocycles. The van der Waals surface area contributed by atoms with E-state index in [1.807, 2.05) is 6.92 Å². The third-order valence-electron chi connectivity index (χ3n) is 7.14. The molecule has 5 rings (SSSR count). The standard InChI is InChI=1S/C27H31ClN6O6S2/c1-3-40-24(35)14-30-32-25(36)22-15-33(42(38,39)20-7-5-17-11-19(28)6-4-18(17)12-20)8-9-34(22)27(37)26-31-21-10-16(2)29-13-23(21)41-26/h4-7,11-12,16,22,29-30H,3,8-10,13-15H2,1-2H3,(H,32,36). The van der Waals surface area contributed by atoms with Crippen molar-refractivity contribution in [3.05, 3.63) is 57.0 Å². The SMILES string of the molecule is CCOC(=O)CNNC(=O)C1CN(S(=O)(=O)c2ccc3cc(Cl)ccc3c2)CCN1C(=O)c1nc2c(s1)CNC(C)C2. The zero-order valence-electron chi connectivity index (χ0n) is 23.1. The maximum atomic E-state index is 13.7. The third-order valence-corrected chi connectivity index (χ3v) is 10.3. The number of nitrogens with zero attached hydrogens (tertiary/aromatic N) is 3. The quantitative estimate of drug-likeness (QED) is 0.248. The fourth-order valence-electron chi connectivity index (χ4n) is 4.97. The van der Waals surface area contributed by atoms with E-state index in [0.717, 1.165) is 16.0 Å². The molecular formula is C27H31ClN6O6S2. The summed E-state index contributed by atoms with van der Waals surface area (Å²) in [4.78, 5) is 45.7.